The molecule has 0 spiro atoms. The van der Waals surface area contributed by atoms with Crippen molar-refractivity contribution >= 4 is 39.1 Å². The summed E-state index contributed by atoms with van der Waals surface area (Å²) in [7, 11) is -4.15. The highest BCUT2D eigenvalue weighted by Crippen LogP contribution is 2.27. The molecule has 46 heavy (non-hydrogen) atoms. The topological polar surface area (TPSA) is 86.8 Å². The van der Waals surface area contributed by atoms with E-state index < -0.39 is 28.5 Å². The normalized spacial score (nSPS) is 12.0. The highest BCUT2D eigenvalue weighted by Gasteiger charge is 2.34. The van der Waals surface area contributed by atoms with E-state index in [4.69, 9.17) is 11.6 Å². The fourth-order valence-corrected chi connectivity index (χ4v) is 6.81. The van der Waals surface area contributed by atoms with E-state index in [9.17, 15) is 18.0 Å². The first kappa shape index (κ1) is 34.7. The molecule has 1 N–H and O–H groups in total. The van der Waals surface area contributed by atoms with Gasteiger partial charge in [-0.05, 0) is 65.4 Å². The number of unbranched alkanes of at least 4 members (excludes halogenated alkanes) is 1. The van der Waals surface area contributed by atoms with Crippen molar-refractivity contribution in [3.05, 3.63) is 131 Å². The molecular weight excluding hydrogens is 618 g/mol. The molecule has 7 nitrogen and oxygen atoms in total. The molecule has 0 aliphatic carbocycles. The molecule has 2 amide bonds. The Labute approximate surface area is 278 Å². The number of carbonyl (C=O) groups is 2. The molecule has 242 valence electrons. The van der Waals surface area contributed by atoms with E-state index in [1.807, 2.05) is 55.5 Å². The largest absolute Gasteiger partial charge is 0.354 e. The number of hydrogen-bond acceptors (Lipinski definition) is 4. The van der Waals surface area contributed by atoms with Crippen molar-refractivity contribution in [1.82, 2.24) is 10.2 Å². The molecule has 0 unspecified atom stereocenters. The quantitative estimate of drug-likeness (QED) is 0.137. The Kier molecular flexibility index (Phi) is 12.4. The van der Waals surface area contributed by atoms with E-state index in [1.165, 1.54) is 17.0 Å². The molecule has 0 saturated heterocycles. The third kappa shape index (κ3) is 9.21. The molecule has 1 atom stereocenters. The van der Waals surface area contributed by atoms with E-state index >= 15 is 0 Å². The lowest BCUT2D eigenvalue weighted by Gasteiger charge is -2.34. The summed E-state index contributed by atoms with van der Waals surface area (Å²) in [6.07, 6.45) is 1.94. The van der Waals surface area contributed by atoms with Crippen LogP contribution in [0.1, 0.15) is 56.2 Å². The summed E-state index contributed by atoms with van der Waals surface area (Å²) in [4.78, 5) is 29.9. The average molecular weight is 660 g/mol. The Morgan fingerprint density at radius 2 is 1.46 bits per heavy atom. The number of amides is 2. The zero-order valence-corrected chi connectivity index (χ0v) is 28.2. The molecule has 0 saturated carbocycles. The number of rotatable bonds is 15. The first-order valence-corrected chi connectivity index (χ1v) is 17.4. The summed E-state index contributed by atoms with van der Waals surface area (Å²) in [6.45, 7) is 6.18. The van der Waals surface area contributed by atoms with Crippen LogP contribution in [0.2, 0.25) is 5.02 Å². The second-order valence-electron chi connectivity index (χ2n) is 11.6. The van der Waals surface area contributed by atoms with E-state index in [-0.39, 0.29) is 29.7 Å². The van der Waals surface area contributed by atoms with Crippen LogP contribution in [0.15, 0.2) is 114 Å². The van der Waals surface area contributed by atoms with E-state index in [2.05, 4.69) is 19.2 Å². The van der Waals surface area contributed by atoms with E-state index in [0.29, 0.717) is 17.3 Å². The maximum Gasteiger partial charge on any atom is 0.264 e. The van der Waals surface area contributed by atoms with Crippen molar-refractivity contribution in [2.24, 2.45) is 0 Å². The van der Waals surface area contributed by atoms with Gasteiger partial charge in [0.1, 0.15) is 12.6 Å². The van der Waals surface area contributed by atoms with Gasteiger partial charge in [-0.25, -0.2) is 8.42 Å². The van der Waals surface area contributed by atoms with Crippen LogP contribution < -0.4 is 9.62 Å². The van der Waals surface area contributed by atoms with Crippen LogP contribution in [-0.2, 0) is 32.6 Å². The first-order chi connectivity index (χ1) is 22.1. The molecule has 0 radical (unpaired) electrons. The second kappa shape index (κ2) is 16.4. The zero-order valence-electron chi connectivity index (χ0n) is 26.6. The smallest absolute Gasteiger partial charge is 0.264 e. The second-order valence-corrected chi connectivity index (χ2v) is 13.9. The van der Waals surface area contributed by atoms with Crippen LogP contribution in [0.5, 0.6) is 0 Å². The summed E-state index contributed by atoms with van der Waals surface area (Å²) < 4.78 is 29.4. The monoisotopic (exact) mass is 659 g/mol. The first-order valence-electron chi connectivity index (χ1n) is 15.6. The predicted molar refractivity (Wildman–Crippen MR) is 185 cm³/mol. The van der Waals surface area contributed by atoms with Crippen molar-refractivity contribution in [3.63, 3.8) is 0 Å². The lowest BCUT2D eigenvalue weighted by Crippen LogP contribution is -2.53. The summed E-state index contributed by atoms with van der Waals surface area (Å²) >= 11 is 6.32. The molecule has 4 aromatic carbocycles. The van der Waals surface area contributed by atoms with Crippen LogP contribution >= 0.6 is 11.6 Å². The van der Waals surface area contributed by atoms with Gasteiger partial charge in [0.15, 0.2) is 0 Å². The average Bonchev–Trinajstić information content (AvgIpc) is 3.06. The molecule has 0 aliphatic heterocycles. The Hall–Kier alpha value is -4.14. The van der Waals surface area contributed by atoms with Crippen LogP contribution in [0.4, 0.5) is 5.69 Å². The highest BCUT2D eigenvalue weighted by molar-refractivity contribution is 7.92. The summed E-state index contributed by atoms with van der Waals surface area (Å²) in [5.74, 6) is -0.571. The number of anilines is 1. The minimum atomic E-state index is -4.15. The van der Waals surface area contributed by atoms with Crippen LogP contribution in [0.25, 0.3) is 0 Å². The maximum absolute atomic E-state index is 14.5. The molecular formula is C37H42ClN3O4S. The third-order valence-electron chi connectivity index (χ3n) is 7.80. The van der Waals surface area contributed by atoms with Crippen LogP contribution in [0, 0.1) is 0 Å². The number of hydrogen-bond donors (Lipinski definition) is 1. The number of benzene rings is 4. The van der Waals surface area contributed by atoms with Gasteiger partial charge < -0.3 is 10.2 Å². The summed E-state index contributed by atoms with van der Waals surface area (Å²) in [5, 5.41) is 3.50. The fraction of sp³-hybridized carbons (Fsp3) is 0.297. The van der Waals surface area contributed by atoms with Gasteiger partial charge in [0.25, 0.3) is 10.0 Å². The van der Waals surface area contributed by atoms with Gasteiger partial charge in [-0.2, -0.15) is 0 Å². The molecule has 0 aromatic heterocycles. The van der Waals surface area contributed by atoms with Gasteiger partial charge in [-0.15, -0.1) is 0 Å². The number of halogens is 1. The van der Waals surface area contributed by atoms with Crippen molar-refractivity contribution in [2.75, 3.05) is 17.4 Å². The molecule has 4 aromatic rings. The number of carbonyl (C=O) groups excluding carboxylic acids is 2. The van der Waals surface area contributed by atoms with Gasteiger partial charge >= 0.3 is 0 Å². The minimum Gasteiger partial charge on any atom is -0.354 e. The number of nitrogens with zero attached hydrogens (tertiary/aromatic N) is 2. The number of nitrogens with one attached hydrogen (secondary N) is 1. The predicted octanol–water partition coefficient (Wildman–Crippen LogP) is 7.22. The molecule has 0 fully saturated rings. The zero-order chi connectivity index (χ0) is 33.1. The van der Waals surface area contributed by atoms with Crippen molar-refractivity contribution in [3.8, 4) is 0 Å². The van der Waals surface area contributed by atoms with Gasteiger partial charge in [0.05, 0.1) is 10.6 Å². The van der Waals surface area contributed by atoms with Crippen LogP contribution in [0.3, 0.4) is 0 Å². The van der Waals surface area contributed by atoms with E-state index in [0.717, 1.165) is 33.8 Å². The lowest BCUT2D eigenvalue weighted by molar-refractivity contribution is -0.140. The lowest BCUT2D eigenvalue weighted by atomic mass is 10.0. The van der Waals surface area contributed by atoms with Gasteiger partial charge in [0, 0.05) is 24.5 Å². The summed E-state index contributed by atoms with van der Waals surface area (Å²) in [5.41, 5.74) is 3.00. The van der Waals surface area contributed by atoms with Crippen LogP contribution in [-0.4, -0.2) is 44.3 Å². The molecule has 4 rings (SSSR count). The summed E-state index contributed by atoms with van der Waals surface area (Å²) in [6, 6.07) is 31.0. The Balaban J connectivity index is 1.79. The minimum absolute atomic E-state index is 0.0591. The van der Waals surface area contributed by atoms with Gasteiger partial charge in [-0.1, -0.05) is 112 Å². The Bertz CT molecular complexity index is 1680. The molecule has 0 aliphatic rings. The van der Waals surface area contributed by atoms with Gasteiger partial charge in [0.2, 0.25) is 11.8 Å². The molecule has 9 heteroatoms. The highest BCUT2D eigenvalue weighted by atomic mass is 35.5. The third-order valence-corrected chi connectivity index (χ3v) is 9.82. The molecule has 0 bridgehead atoms. The standard InChI is InChI=1S/C37H42ClN3O4S/c1-4-5-23-39-37(43)35(25-29-13-8-6-9-14-29)40(26-30-15-12-16-32(38)24-30)36(42)27-41(33-21-19-31(20-22-33)28(2)3)46(44,45)34-17-10-7-11-18-34/h6-22,24,28,35H,4-5,23,25-27H2,1-3H3,(H,39,43)/t35-/m0/s1. The maximum atomic E-state index is 14.5. The van der Waals surface area contributed by atoms with E-state index in [1.54, 1.807) is 48.5 Å². The molecule has 0 heterocycles. The van der Waals surface area contributed by atoms with Crippen molar-refractivity contribution in [1.29, 1.82) is 0 Å². The van der Waals surface area contributed by atoms with Gasteiger partial charge in [-0.3, -0.25) is 13.9 Å². The fourth-order valence-electron chi connectivity index (χ4n) is 5.17. The van der Waals surface area contributed by atoms with Crippen molar-refractivity contribution in [2.45, 2.75) is 63.4 Å². The van der Waals surface area contributed by atoms with Crippen molar-refractivity contribution < 1.29 is 18.0 Å². The Morgan fingerprint density at radius 3 is 2.07 bits per heavy atom. The Morgan fingerprint density at radius 1 is 0.826 bits per heavy atom. The number of sulfonamides is 1. The SMILES string of the molecule is CCCCNC(=O)[C@H](Cc1ccccc1)N(Cc1cccc(Cl)c1)C(=O)CN(c1ccc(C(C)C)cc1)S(=O)(=O)c1ccccc1.